The number of nitrogens with one attached hydrogen (secondary N) is 1. The molecule has 3 aromatic rings. The molecule has 0 spiro atoms. The smallest absolute Gasteiger partial charge is 0.411 e. The van der Waals surface area contributed by atoms with E-state index in [1.54, 1.807) is 20.8 Å². The average molecular weight is 493 g/mol. The number of aromatic amines is 1. The van der Waals surface area contributed by atoms with Gasteiger partial charge in [0.1, 0.15) is 41.7 Å². The quantitative estimate of drug-likeness (QED) is 0.511. The highest BCUT2D eigenvalue weighted by molar-refractivity contribution is 6.30. The SMILES string of the molecule is CC(C)(C)OC(=O)N(CC(=O)O)Cc1nccc2c(=O)[nH]c(COc3ccc(F)c(Cl)c3)nc12. The van der Waals surface area contributed by atoms with Crippen LogP contribution in [0.2, 0.25) is 5.02 Å². The van der Waals surface area contributed by atoms with Crippen molar-refractivity contribution in [3.05, 3.63) is 63.2 Å². The number of aliphatic carboxylic acids is 1. The van der Waals surface area contributed by atoms with Gasteiger partial charge in [-0.15, -0.1) is 0 Å². The van der Waals surface area contributed by atoms with Crippen molar-refractivity contribution in [2.75, 3.05) is 6.54 Å². The Balaban J connectivity index is 1.91. The molecule has 180 valence electrons. The van der Waals surface area contributed by atoms with E-state index >= 15 is 0 Å². The number of rotatable bonds is 7. The zero-order chi connectivity index (χ0) is 25.0. The maximum atomic E-state index is 13.3. The van der Waals surface area contributed by atoms with E-state index in [9.17, 15) is 23.9 Å². The molecule has 1 amide bonds. The number of amides is 1. The molecule has 0 radical (unpaired) electrons. The van der Waals surface area contributed by atoms with Gasteiger partial charge < -0.3 is 19.6 Å². The highest BCUT2D eigenvalue weighted by Gasteiger charge is 2.25. The van der Waals surface area contributed by atoms with Crippen molar-refractivity contribution in [2.24, 2.45) is 0 Å². The van der Waals surface area contributed by atoms with Crippen LogP contribution in [0.25, 0.3) is 10.9 Å². The van der Waals surface area contributed by atoms with Crippen LogP contribution in [0, 0.1) is 5.82 Å². The number of H-pyrrole nitrogens is 1. The molecule has 0 unspecified atom stereocenters. The third kappa shape index (κ3) is 6.41. The molecule has 34 heavy (non-hydrogen) atoms. The Hall–Kier alpha value is -3.73. The number of hydrogen-bond donors (Lipinski definition) is 2. The van der Waals surface area contributed by atoms with Gasteiger partial charge in [0.25, 0.3) is 5.56 Å². The fourth-order valence-electron chi connectivity index (χ4n) is 2.92. The summed E-state index contributed by atoms with van der Waals surface area (Å²) in [6, 6.07) is 5.25. The van der Waals surface area contributed by atoms with Gasteiger partial charge in [0.15, 0.2) is 0 Å². The van der Waals surface area contributed by atoms with Crippen LogP contribution in [0.4, 0.5) is 9.18 Å². The van der Waals surface area contributed by atoms with Gasteiger partial charge in [-0.2, -0.15) is 0 Å². The van der Waals surface area contributed by atoms with Gasteiger partial charge in [0.2, 0.25) is 0 Å². The lowest BCUT2D eigenvalue weighted by Crippen LogP contribution is -2.39. The molecule has 2 aromatic heterocycles. The van der Waals surface area contributed by atoms with Crippen LogP contribution in [0.5, 0.6) is 5.75 Å². The van der Waals surface area contributed by atoms with Gasteiger partial charge in [0.05, 0.1) is 22.6 Å². The zero-order valence-electron chi connectivity index (χ0n) is 18.6. The normalized spacial score (nSPS) is 11.3. The number of carbonyl (C=O) groups excluding carboxylic acids is 1. The Bertz CT molecular complexity index is 1290. The fourth-order valence-corrected chi connectivity index (χ4v) is 3.10. The summed E-state index contributed by atoms with van der Waals surface area (Å²) in [6.45, 7) is 3.89. The molecular weight excluding hydrogens is 471 g/mol. The second kappa shape index (κ2) is 10.0. The highest BCUT2D eigenvalue weighted by Crippen LogP contribution is 2.22. The van der Waals surface area contributed by atoms with Crippen LogP contribution >= 0.6 is 11.6 Å². The van der Waals surface area contributed by atoms with Gasteiger partial charge in [-0.3, -0.25) is 19.5 Å². The Morgan fingerprint density at radius 1 is 1.26 bits per heavy atom. The lowest BCUT2D eigenvalue weighted by atomic mass is 10.2. The Morgan fingerprint density at radius 2 is 2.00 bits per heavy atom. The lowest BCUT2D eigenvalue weighted by Gasteiger charge is -2.26. The highest BCUT2D eigenvalue weighted by atomic mass is 35.5. The molecule has 0 atom stereocenters. The van der Waals surface area contributed by atoms with Crippen molar-refractivity contribution >= 4 is 34.6 Å². The predicted molar refractivity (Wildman–Crippen MR) is 120 cm³/mol. The molecule has 1 aromatic carbocycles. The number of benzene rings is 1. The van der Waals surface area contributed by atoms with Gasteiger partial charge in [-0.1, -0.05) is 11.6 Å². The van der Waals surface area contributed by atoms with Crippen LogP contribution < -0.4 is 10.3 Å². The number of hydrogen-bond acceptors (Lipinski definition) is 7. The second-order valence-electron chi connectivity index (χ2n) is 8.26. The van der Waals surface area contributed by atoms with Crippen LogP contribution in [-0.2, 0) is 22.7 Å². The van der Waals surface area contributed by atoms with E-state index in [0.717, 1.165) is 11.0 Å². The van der Waals surface area contributed by atoms with Crippen LogP contribution in [0.3, 0.4) is 0 Å². The monoisotopic (exact) mass is 492 g/mol. The number of carboxylic acids is 1. The third-order valence-electron chi connectivity index (χ3n) is 4.33. The maximum Gasteiger partial charge on any atom is 0.411 e. The van der Waals surface area contributed by atoms with E-state index < -0.39 is 35.6 Å². The molecule has 0 aliphatic carbocycles. The summed E-state index contributed by atoms with van der Waals surface area (Å²) in [6.07, 6.45) is 0.509. The van der Waals surface area contributed by atoms with Crippen molar-refractivity contribution in [3.8, 4) is 5.75 Å². The van der Waals surface area contributed by atoms with Crippen molar-refractivity contribution in [3.63, 3.8) is 0 Å². The Labute approximate surface area is 198 Å². The van der Waals surface area contributed by atoms with Gasteiger partial charge in [-0.25, -0.2) is 14.2 Å². The number of carboxylic acid groups (broad SMARTS) is 1. The van der Waals surface area contributed by atoms with Crippen molar-refractivity contribution in [2.45, 2.75) is 39.5 Å². The van der Waals surface area contributed by atoms with E-state index in [2.05, 4.69) is 15.0 Å². The summed E-state index contributed by atoms with van der Waals surface area (Å²) in [5.41, 5.74) is -0.961. The summed E-state index contributed by atoms with van der Waals surface area (Å²) in [5, 5.41) is 9.31. The molecule has 0 bridgehead atoms. The second-order valence-corrected chi connectivity index (χ2v) is 8.67. The summed E-state index contributed by atoms with van der Waals surface area (Å²) >= 11 is 5.75. The minimum absolute atomic E-state index is 0.121. The van der Waals surface area contributed by atoms with E-state index in [1.807, 2.05) is 0 Å². The van der Waals surface area contributed by atoms with E-state index in [0.29, 0.717) is 0 Å². The molecule has 0 saturated heterocycles. The number of ether oxygens (including phenoxy) is 2. The standard InChI is InChI=1S/C22H22ClFN4O6/c1-22(2,3)34-21(32)28(10-18(29)30)9-16-19-13(6-7-25-16)20(31)27-17(26-19)11-33-12-4-5-15(24)14(23)8-12/h4-8H,9-11H2,1-3H3,(H,29,30)(H,26,27,31). The number of pyridine rings is 1. The zero-order valence-corrected chi connectivity index (χ0v) is 19.4. The van der Waals surface area contributed by atoms with Crippen LogP contribution in [-0.4, -0.2) is 49.2 Å². The minimum Gasteiger partial charge on any atom is -0.486 e. The van der Waals surface area contributed by atoms with Crippen molar-refractivity contribution in [1.29, 1.82) is 0 Å². The summed E-state index contributed by atoms with van der Waals surface area (Å²) in [7, 11) is 0. The van der Waals surface area contributed by atoms with Gasteiger partial charge >= 0.3 is 12.1 Å². The molecule has 2 heterocycles. The van der Waals surface area contributed by atoms with E-state index in [4.69, 9.17) is 21.1 Å². The maximum absolute atomic E-state index is 13.3. The molecule has 10 nitrogen and oxygen atoms in total. The molecule has 2 N–H and O–H groups in total. The molecule has 0 aliphatic rings. The number of fused-ring (bicyclic) bond motifs is 1. The summed E-state index contributed by atoms with van der Waals surface area (Å²) < 4.78 is 24.2. The molecular formula is C22H22ClFN4O6. The number of halogens is 2. The summed E-state index contributed by atoms with van der Waals surface area (Å²) in [5.74, 6) is -1.45. The predicted octanol–water partition coefficient (Wildman–Crippen LogP) is 3.51. The first-order chi connectivity index (χ1) is 15.9. The van der Waals surface area contributed by atoms with E-state index in [-0.39, 0.29) is 46.3 Å². The first kappa shape index (κ1) is 24.9. The Kier molecular flexibility index (Phi) is 7.35. The largest absolute Gasteiger partial charge is 0.486 e. The molecule has 0 fully saturated rings. The van der Waals surface area contributed by atoms with Crippen molar-refractivity contribution in [1.82, 2.24) is 19.9 Å². The lowest BCUT2D eigenvalue weighted by molar-refractivity contribution is -0.138. The van der Waals surface area contributed by atoms with Gasteiger partial charge in [-0.05, 0) is 39.0 Å². The molecule has 0 aliphatic heterocycles. The molecule has 0 saturated carbocycles. The number of aromatic nitrogens is 3. The first-order valence-corrected chi connectivity index (χ1v) is 10.4. The number of carbonyl (C=O) groups is 2. The summed E-state index contributed by atoms with van der Waals surface area (Å²) in [4.78, 5) is 48.6. The van der Waals surface area contributed by atoms with Crippen molar-refractivity contribution < 1.29 is 28.6 Å². The molecule has 12 heteroatoms. The Morgan fingerprint density at radius 3 is 2.65 bits per heavy atom. The fraction of sp³-hybridized carbons (Fsp3) is 0.318. The number of nitrogens with zero attached hydrogens (tertiary/aromatic N) is 3. The topological polar surface area (TPSA) is 135 Å². The molecule has 3 rings (SSSR count). The van der Waals surface area contributed by atoms with E-state index in [1.165, 1.54) is 24.4 Å². The van der Waals surface area contributed by atoms with Crippen LogP contribution in [0.15, 0.2) is 35.3 Å². The third-order valence-corrected chi connectivity index (χ3v) is 4.62. The minimum atomic E-state index is -1.25. The average Bonchev–Trinajstić information content (AvgIpc) is 2.73. The van der Waals surface area contributed by atoms with Gasteiger partial charge in [0, 0.05) is 12.3 Å². The first-order valence-electron chi connectivity index (χ1n) is 10.1. The van der Waals surface area contributed by atoms with Crippen LogP contribution in [0.1, 0.15) is 32.3 Å².